The number of rotatable bonds is 1. The van der Waals surface area contributed by atoms with Gasteiger partial charge in [-0.1, -0.05) is 23.7 Å². The van der Waals surface area contributed by atoms with Crippen LogP contribution >= 0.6 is 23.8 Å². The van der Waals surface area contributed by atoms with Crippen LogP contribution in [0.1, 0.15) is 5.56 Å². The van der Waals surface area contributed by atoms with E-state index in [-0.39, 0.29) is 5.91 Å². The summed E-state index contributed by atoms with van der Waals surface area (Å²) in [6.45, 7) is 0. The van der Waals surface area contributed by atoms with Crippen LogP contribution in [0, 0.1) is 0 Å². The molecule has 1 heterocycles. The van der Waals surface area contributed by atoms with Gasteiger partial charge < -0.3 is 5.32 Å². The molecule has 1 aromatic rings. The van der Waals surface area contributed by atoms with Crippen LogP contribution in [0.25, 0.3) is 6.08 Å². The maximum Gasteiger partial charge on any atom is 0.276 e. The normalized spacial score (nSPS) is 18.1. The first-order valence-electron chi connectivity index (χ1n) is 4.64. The fraction of sp³-hybridized carbons (Fsp3) is 0.0909. The summed E-state index contributed by atoms with van der Waals surface area (Å²) >= 11 is 10.8. The highest BCUT2D eigenvalue weighted by atomic mass is 35.5. The fourth-order valence-electron chi connectivity index (χ4n) is 1.39. The van der Waals surface area contributed by atoms with Gasteiger partial charge in [0.2, 0.25) is 0 Å². The Morgan fingerprint density at radius 1 is 1.50 bits per heavy atom. The summed E-state index contributed by atoms with van der Waals surface area (Å²) < 4.78 is 0. The van der Waals surface area contributed by atoms with Crippen LogP contribution < -0.4 is 5.32 Å². The van der Waals surface area contributed by atoms with Crippen LogP contribution in [-0.4, -0.2) is 23.0 Å². The first-order valence-corrected chi connectivity index (χ1v) is 5.43. The zero-order valence-electron chi connectivity index (χ0n) is 8.53. The Hall–Kier alpha value is -1.39. The van der Waals surface area contributed by atoms with Crippen molar-refractivity contribution < 1.29 is 4.79 Å². The van der Waals surface area contributed by atoms with Crippen molar-refractivity contribution in [3.63, 3.8) is 0 Å². The van der Waals surface area contributed by atoms with E-state index in [0.717, 1.165) is 5.56 Å². The molecule has 0 aromatic heterocycles. The Kier molecular flexibility index (Phi) is 2.94. The Bertz CT molecular complexity index is 499. The number of nitrogens with one attached hydrogen (secondary N) is 1. The number of benzene rings is 1. The number of halogens is 1. The maximum atomic E-state index is 11.7. The Labute approximate surface area is 104 Å². The molecule has 1 aliphatic rings. The van der Waals surface area contributed by atoms with E-state index in [1.165, 1.54) is 4.90 Å². The van der Waals surface area contributed by atoms with E-state index in [1.807, 2.05) is 12.1 Å². The third-order valence-electron chi connectivity index (χ3n) is 2.24. The number of nitrogens with zero attached hydrogens (tertiary/aromatic N) is 1. The van der Waals surface area contributed by atoms with E-state index in [2.05, 4.69) is 5.32 Å². The summed E-state index contributed by atoms with van der Waals surface area (Å²) in [5, 5.41) is 3.90. The van der Waals surface area contributed by atoms with Crippen LogP contribution in [0.2, 0.25) is 5.02 Å². The number of likely N-dealkylation sites (N-methyl/N-ethyl adjacent to an activating group) is 1. The molecule has 0 atom stereocenters. The van der Waals surface area contributed by atoms with E-state index in [9.17, 15) is 4.79 Å². The van der Waals surface area contributed by atoms with Crippen molar-refractivity contribution >= 4 is 40.9 Å². The highest BCUT2D eigenvalue weighted by molar-refractivity contribution is 7.80. The average molecular weight is 253 g/mol. The number of carbonyl (C=O) groups is 1. The number of thiocarbonyl (C=S) groups is 1. The van der Waals surface area contributed by atoms with E-state index in [1.54, 1.807) is 25.3 Å². The smallest absolute Gasteiger partial charge is 0.276 e. The third-order valence-corrected chi connectivity index (χ3v) is 2.85. The quantitative estimate of drug-likeness (QED) is 0.613. The van der Waals surface area contributed by atoms with Gasteiger partial charge in [-0.2, -0.15) is 0 Å². The fourth-order valence-corrected chi connectivity index (χ4v) is 1.78. The molecule has 1 aromatic carbocycles. The second-order valence-corrected chi connectivity index (χ2v) is 4.23. The molecule has 2 rings (SSSR count). The highest BCUT2D eigenvalue weighted by Gasteiger charge is 2.26. The predicted molar refractivity (Wildman–Crippen MR) is 67.9 cm³/mol. The molecule has 16 heavy (non-hydrogen) atoms. The Morgan fingerprint density at radius 2 is 2.25 bits per heavy atom. The molecule has 1 aliphatic heterocycles. The molecule has 0 unspecified atom stereocenters. The van der Waals surface area contributed by atoms with Gasteiger partial charge in [-0.05, 0) is 36.0 Å². The third kappa shape index (κ3) is 2.08. The summed E-state index contributed by atoms with van der Waals surface area (Å²) in [5.41, 5.74) is 1.33. The molecular formula is C11H9ClN2OS. The van der Waals surface area contributed by atoms with E-state index >= 15 is 0 Å². The summed E-state index contributed by atoms with van der Waals surface area (Å²) in [5.74, 6) is -0.134. The lowest BCUT2D eigenvalue weighted by Gasteiger charge is -2.02. The summed E-state index contributed by atoms with van der Waals surface area (Å²) in [4.78, 5) is 13.1. The van der Waals surface area contributed by atoms with E-state index in [4.69, 9.17) is 23.8 Å². The van der Waals surface area contributed by atoms with Gasteiger partial charge in [-0.15, -0.1) is 0 Å². The van der Waals surface area contributed by atoms with Crippen LogP contribution in [0.3, 0.4) is 0 Å². The van der Waals surface area contributed by atoms with Gasteiger partial charge in [-0.3, -0.25) is 9.69 Å². The van der Waals surface area contributed by atoms with Gasteiger partial charge in [0.15, 0.2) is 5.11 Å². The molecule has 0 saturated carbocycles. The van der Waals surface area contributed by atoms with Crippen molar-refractivity contribution in [2.45, 2.75) is 0 Å². The van der Waals surface area contributed by atoms with Crippen molar-refractivity contribution in [2.24, 2.45) is 0 Å². The monoisotopic (exact) mass is 252 g/mol. The summed E-state index contributed by atoms with van der Waals surface area (Å²) in [7, 11) is 1.64. The second kappa shape index (κ2) is 4.23. The molecule has 0 bridgehead atoms. The number of carbonyl (C=O) groups excluding carboxylic acids is 1. The van der Waals surface area contributed by atoms with Gasteiger partial charge in [0, 0.05) is 12.1 Å². The van der Waals surface area contributed by atoms with Gasteiger partial charge in [0.25, 0.3) is 5.91 Å². The van der Waals surface area contributed by atoms with Gasteiger partial charge in [0.05, 0.1) is 0 Å². The first kappa shape index (κ1) is 11.1. The lowest BCUT2D eigenvalue weighted by molar-refractivity contribution is -0.121. The molecule has 0 spiro atoms. The van der Waals surface area contributed by atoms with Crippen molar-refractivity contribution in [1.29, 1.82) is 0 Å². The van der Waals surface area contributed by atoms with Gasteiger partial charge in [-0.25, -0.2) is 0 Å². The minimum absolute atomic E-state index is 0.134. The molecular weight excluding hydrogens is 244 g/mol. The molecule has 82 valence electrons. The van der Waals surface area contributed by atoms with Crippen LogP contribution in [0.5, 0.6) is 0 Å². The zero-order chi connectivity index (χ0) is 11.7. The summed E-state index contributed by atoms with van der Waals surface area (Å²) in [6.07, 6.45) is 1.73. The minimum Gasteiger partial charge on any atom is -0.328 e. The molecule has 1 N–H and O–H groups in total. The lowest BCUT2D eigenvalue weighted by Crippen LogP contribution is -2.25. The van der Waals surface area contributed by atoms with E-state index < -0.39 is 0 Å². The molecule has 0 radical (unpaired) electrons. The minimum atomic E-state index is -0.134. The van der Waals surface area contributed by atoms with Gasteiger partial charge >= 0.3 is 0 Å². The predicted octanol–water partition coefficient (Wildman–Crippen LogP) is 2.03. The topological polar surface area (TPSA) is 32.3 Å². The molecule has 1 fully saturated rings. The zero-order valence-corrected chi connectivity index (χ0v) is 10.1. The molecule has 5 heteroatoms. The van der Waals surface area contributed by atoms with Crippen molar-refractivity contribution in [3.8, 4) is 0 Å². The maximum absolute atomic E-state index is 11.7. The Balaban J connectivity index is 2.33. The molecule has 1 saturated heterocycles. The van der Waals surface area contributed by atoms with Crippen LogP contribution in [0.4, 0.5) is 0 Å². The number of hydrogen-bond donors (Lipinski definition) is 1. The molecule has 3 nitrogen and oxygen atoms in total. The molecule has 1 amide bonds. The lowest BCUT2D eigenvalue weighted by atomic mass is 10.2. The van der Waals surface area contributed by atoms with Crippen molar-refractivity contribution in [3.05, 3.63) is 40.5 Å². The largest absolute Gasteiger partial charge is 0.328 e. The number of amides is 1. The second-order valence-electron chi connectivity index (χ2n) is 3.41. The SMILES string of the molecule is CN1C(=O)C(=Cc2cccc(Cl)c2)NC1=S. The van der Waals surface area contributed by atoms with E-state index in [0.29, 0.717) is 15.8 Å². The highest BCUT2D eigenvalue weighted by Crippen LogP contribution is 2.16. The average Bonchev–Trinajstić information content (AvgIpc) is 2.47. The summed E-state index contributed by atoms with van der Waals surface area (Å²) in [6, 6.07) is 7.26. The number of hydrogen-bond acceptors (Lipinski definition) is 2. The van der Waals surface area contributed by atoms with Crippen molar-refractivity contribution in [1.82, 2.24) is 10.2 Å². The molecule has 0 aliphatic carbocycles. The first-order chi connectivity index (χ1) is 7.58. The van der Waals surface area contributed by atoms with Crippen LogP contribution in [0.15, 0.2) is 30.0 Å². The Morgan fingerprint density at radius 3 is 2.81 bits per heavy atom. The standard InChI is InChI=1S/C11H9ClN2OS/c1-14-10(15)9(13-11(14)16)6-7-3-2-4-8(12)5-7/h2-6H,1H3,(H,13,16). The van der Waals surface area contributed by atoms with Gasteiger partial charge in [0.1, 0.15) is 5.70 Å². The van der Waals surface area contributed by atoms with Crippen LogP contribution in [-0.2, 0) is 4.79 Å². The van der Waals surface area contributed by atoms with Crippen molar-refractivity contribution in [2.75, 3.05) is 7.05 Å².